The first kappa shape index (κ1) is 30.1. The molecule has 3 aromatic carbocycles. The molecule has 0 aliphatic rings. The zero-order valence-electron chi connectivity index (χ0n) is 23.2. The number of hydrogen-bond donors (Lipinski definition) is 4. The summed E-state index contributed by atoms with van der Waals surface area (Å²) in [5.41, 5.74) is 25.2. The van der Waals surface area contributed by atoms with Gasteiger partial charge in [-0.05, 0) is 25.5 Å². The number of terminal acetylenes is 1. The number of allylic oxidation sites excluding steroid dienone is 4. The van der Waals surface area contributed by atoms with Gasteiger partial charge >= 0.3 is 0 Å². The maximum atomic E-state index is 6.38. The molecule has 4 aromatic rings. The summed E-state index contributed by atoms with van der Waals surface area (Å²) in [7, 11) is 1.80. The lowest BCUT2D eigenvalue weighted by molar-refractivity contribution is 1.04. The Hall–Kier alpha value is -5.09. The van der Waals surface area contributed by atoms with Crippen LogP contribution in [0.15, 0.2) is 78.9 Å². The van der Waals surface area contributed by atoms with Crippen LogP contribution in [0.2, 0.25) is 0 Å². The number of hydrogen-bond acceptors (Lipinski definition) is 7. The molecule has 0 spiro atoms. The Kier molecular flexibility index (Phi) is 11.3. The molecule has 0 unspecified atom stereocenters. The normalized spacial score (nSPS) is 10.7. The van der Waals surface area contributed by atoms with Gasteiger partial charge in [0.1, 0.15) is 0 Å². The summed E-state index contributed by atoms with van der Waals surface area (Å²) in [5.74, 6) is 1.80. The number of anilines is 4. The fourth-order valence-electron chi connectivity index (χ4n) is 3.87. The Morgan fingerprint density at radius 1 is 0.769 bits per heavy atom. The predicted molar refractivity (Wildman–Crippen MR) is 169 cm³/mol. The lowest BCUT2D eigenvalue weighted by atomic mass is 9.98. The number of nitrogen functional groups attached to an aromatic ring is 3. The van der Waals surface area contributed by atoms with Gasteiger partial charge in [-0.3, -0.25) is 0 Å². The molecule has 7 nitrogen and oxygen atoms in total. The molecular weight excluding hydrogens is 482 g/mol. The van der Waals surface area contributed by atoms with Crippen LogP contribution in [0.25, 0.3) is 39.5 Å². The quantitative estimate of drug-likeness (QED) is 0.124. The van der Waals surface area contributed by atoms with Gasteiger partial charge in [-0.25, -0.2) is 15.0 Å². The van der Waals surface area contributed by atoms with Crippen LogP contribution in [-0.4, -0.2) is 22.0 Å². The van der Waals surface area contributed by atoms with Crippen LogP contribution in [0.1, 0.15) is 33.5 Å². The molecule has 1 aromatic heterocycles. The zero-order valence-corrected chi connectivity index (χ0v) is 23.2. The maximum absolute atomic E-state index is 6.38. The fraction of sp³-hybridized carbons (Fsp3) is 0.156. The smallest absolute Gasteiger partial charge is 0.164 e. The van der Waals surface area contributed by atoms with Gasteiger partial charge in [0.2, 0.25) is 0 Å². The van der Waals surface area contributed by atoms with E-state index >= 15 is 0 Å². The molecule has 7 heteroatoms. The van der Waals surface area contributed by atoms with Gasteiger partial charge in [-0.2, -0.15) is 0 Å². The van der Waals surface area contributed by atoms with Crippen molar-refractivity contribution in [1.29, 1.82) is 0 Å². The Balaban J connectivity index is 0.00000127. The highest BCUT2D eigenvalue weighted by molar-refractivity contribution is 5.98. The summed E-state index contributed by atoms with van der Waals surface area (Å²) in [5, 5.41) is 3.07. The predicted octanol–water partition coefficient (Wildman–Crippen LogP) is 6.92. The summed E-state index contributed by atoms with van der Waals surface area (Å²) in [6.07, 6.45) is 13.9. The van der Waals surface area contributed by atoms with E-state index in [1.165, 1.54) is 0 Å². The number of nitrogens with two attached hydrogens (primary N) is 3. The van der Waals surface area contributed by atoms with Crippen molar-refractivity contribution >= 4 is 28.3 Å². The number of benzene rings is 3. The molecule has 0 aliphatic heterocycles. The molecular formula is C32H37N7. The topological polar surface area (TPSA) is 129 Å². The van der Waals surface area contributed by atoms with E-state index in [0.29, 0.717) is 40.1 Å². The molecule has 39 heavy (non-hydrogen) atoms. The Morgan fingerprint density at radius 3 is 1.82 bits per heavy atom. The van der Waals surface area contributed by atoms with E-state index in [1.54, 1.807) is 13.1 Å². The average Bonchev–Trinajstić information content (AvgIpc) is 3.00. The van der Waals surface area contributed by atoms with Gasteiger partial charge in [0.05, 0.1) is 22.7 Å². The summed E-state index contributed by atoms with van der Waals surface area (Å²) in [6.45, 7) is 7.94. The first-order valence-electron chi connectivity index (χ1n) is 12.7. The van der Waals surface area contributed by atoms with E-state index in [9.17, 15) is 0 Å². The number of rotatable bonds is 6. The highest BCUT2D eigenvalue weighted by atomic mass is 15.0. The van der Waals surface area contributed by atoms with Crippen molar-refractivity contribution in [2.24, 2.45) is 0 Å². The lowest BCUT2D eigenvalue weighted by Gasteiger charge is -2.16. The molecule has 7 N–H and O–H groups in total. The average molecular weight is 520 g/mol. The van der Waals surface area contributed by atoms with Crippen LogP contribution in [0.5, 0.6) is 0 Å². The van der Waals surface area contributed by atoms with Gasteiger partial charge in [-0.1, -0.05) is 86.7 Å². The number of aromatic nitrogens is 3. The van der Waals surface area contributed by atoms with Crippen molar-refractivity contribution < 1.29 is 0 Å². The van der Waals surface area contributed by atoms with Crippen LogP contribution >= 0.6 is 0 Å². The Bertz CT molecular complexity index is 1450. The minimum Gasteiger partial charge on any atom is -0.397 e. The highest BCUT2D eigenvalue weighted by Crippen LogP contribution is 2.41. The SMILES string of the molecule is C#C.C/C=C\C(=C/C)c1nc(-c2ccccc2)nc(-c2ccc(-c3c(N)c(N)cc(NC)c3N)cc2)n1.CC. The summed E-state index contributed by atoms with van der Waals surface area (Å²) in [6, 6.07) is 19.4. The van der Waals surface area contributed by atoms with Gasteiger partial charge < -0.3 is 22.5 Å². The minimum atomic E-state index is 0.451. The van der Waals surface area contributed by atoms with E-state index in [-0.39, 0.29) is 0 Å². The second-order valence-electron chi connectivity index (χ2n) is 7.96. The Morgan fingerprint density at radius 2 is 1.31 bits per heavy atom. The van der Waals surface area contributed by atoms with Crippen molar-refractivity contribution in [1.82, 2.24) is 15.0 Å². The van der Waals surface area contributed by atoms with E-state index in [4.69, 9.17) is 32.2 Å². The Labute approximate surface area is 231 Å². The van der Waals surface area contributed by atoms with Crippen LogP contribution in [0, 0.1) is 12.8 Å². The van der Waals surface area contributed by atoms with Crippen LogP contribution in [-0.2, 0) is 0 Å². The van der Waals surface area contributed by atoms with Crippen molar-refractivity contribution in [2.75, 3.05) is 29.6 Å². The van der Waals surface area contributed by atoms with Crippen LogP contribution in [0.3, 0.4) is 0 Å². The highest BCUT2D eigenvalue weighted by Gasteiger charge is 2.16. The fourth-order valence-corrected chi connectivity index (χ4v) is 3.87. The van der Waals surface area contributed by atoms with Crippen molar-refractivity contribution in [3.8, 4) is 46.7 Å². The van der Waals surface area contributed by atoms with E-state index in [2.05, 4.69) is 18.2 Å². The molecule has 0 bridgehead atoms. The summed E-state index contributed by atoms with van der Waals surface area (Å²) in [4.78, 5) is 14.3. The van der Waals surface area contributed by atoms with Crippen molar-refractivity contribution in [2.45, 2.75) is 27.7 Å². The van der Waals surface area contributed by atoms with E-state index in [0.717, 1.165) is 28.0 Å². The van der Waals surface area contributed by atoms with Gasteiger partial charge in [0.15, 0.2) is 17.5 Å². The molecule has 0 saturated carbocycles. The molecule has 0 fully saturated rings. The first-order chi connectivity index (χ1) is 19.0. The zero-order chi connectivity index (χ0) is 28.9. The minimum absolute atomic E-state index is 0.451. The summed E-state index contributed by atoms with van der Waals surface area (Å²) < 4.78 is 0. The second-order valence-corrected chi connectivity index (χ2v) is 7.96. The third-order valence-electron chi connectivity index (χ3n) is 5.72. The van der Waals surface area contributed by atoms with Gasteiger partial charge in [-0.15, -0.1) is 12.8 Å². The number of nitrogens with zero attached hydrogens (tertiary/aromatic N) is 3. The molecule has 0 amide bonds. The number of nitrogens with one attached hydrogen (secondary N) is 1. The first-order valence-corrected chi connectivity index (χ1v) is 12.7. The molecule has 4 rings (SSSR count). The molecule has 200 valence electrons. The lowest BCUT2D eigenvalue weighted by Crippen LogP contribution is -2.05. The third-order valence-corrected chi connectivity index (χ3v) is 5.72. The van der Waals surface area contributed by atoms with Crippen molar-refractivity contribution in [3.05, 3.63) is 84.7 Å². The largest absolute Gasteiger partial charge is 0.397 e. The molecule has 0 radical (unpaired) electrons. The van der Waals surface area contributed by atoms with Gasteiger partial charge in [0, 0.05) is 29.3 Å². The molecule has 0 atom stereocenters. The third kappa shape index (κ3) is 6.82. The van der Waals surface area contributed by atoms with Crippen LogP contribution < -0.4 is 22.5 Å². The molecule has 1 heterocycles. The van der Waals surface area contributed by atoms with E-state index < -0.39 is 0 Å². The van der Waals surface area contributed by atoms with Crippen molar-refractivity contribution in [3.63, 3.8) is 0 Å². The monoisotopic (exact) mass is 519 g/mol. The maximum Gasteiger partial charge on any atom is 0.164 e. The standard InChI is InChI=1S/C28H29N7.C2H6.C2H2/c1-4-9-17(5-2)26-33-27(19-10-7-6-8-11-19)35-28(34-26)20-14-12-18(13-15-20)23-24(30)21(29)16-22(32-3)25(23)31;2*1-2/h4-16,32H,29-31H2,1-3H3;1-2H3;1-2H/b9-4-,17-5+;;. The van der Waals surface area contributed by atoms with Crippen LogP contribution in [0.4, 0.5) is 22.7 Å². The van der Waals surface area contributed by atoms with E-state index in [1.807, 2.05) is 101 Å². The summed E-state index contributed by atoms with van der Waals surface area (Å²) >= 11 is 0. The van der Waals surface area contributed by atoms with Gasteiger partial charge in [0.25, 0.3) is 0 Å². The second kappa shape index (κ2) is 14.6. The molecule has 0 saturated heterocycles. The molecule has 0 aliphatic carbocycles.